The molecule has 0 N–H and O–H groups in total. The van der Waals surface area contributed by atoms with Crippen LogP contribution in [0.15, 0.2) is 18.5 Å². The first kappa shape index (κ1) is 15.1. The highest BCUT2D eigenvalue weighted by Gasteiger charge is 2.44. The molecule has 0 radical (unpaired) electrons. The van der Waals surface area contributed by atoms with Crippen molar-refractivity contribution in [3.63, 3.8) is 0 Å². The molecule has 3 heterocycles. The van der Waals surface area contributed by atoms with Gasteiger partial charge in [0.05, 0.1) is 12.2 Å². The molecular weight excluding hydrogens is 284 g/mol. The Hall–Kier alpha value is -1.82. The first-order valence-electron chi connectivity index (χ1n) is 7.63. The SMILES string of the molecule is CC(C)(C)OC(=O)N1CCC2(CC1)OCc1c[n+]([O-])ccc12. The number of pyridine rings is 1. The van der Waals surface area contributed by atoms with Crippen LogP contribution < -0.4 is 4.73 Å². The lowest BCUT2D eigenvalue weighted by Gasteiger charge is -2.39. The molecule has 0 atom stereocenters. The minimum absolute atomic E-state index is 0.272. The molecule has 2 aliphatic rings. The maximum Gasteiger partial charge on any atom is 0.410 e. The molecule has 22 heavy (non-hydrogen) atoms. The lowest BCUT2D eigenvalue weighted by Crippen LogP contribution is -2.46. The van der Waals surface area contributed by atoms with Gasteiger partial charge in [0.2, 0.25) is 0 Å². The van der Waals surface area contributed by atoms with Gasteiger partial charge in [-0.25, -0.2) is 4.79 Å². The molecule has 0 aliphatic carbocycles. The Morgan fingerprint density at radius 3 is 2.73 bits per heavy atom. The van der Waals surface area contributed by atoms with E-state index in [1.54, 1.807) is 11.1 Å². The summed E-state index contributed by atoms with van der Waals surface area (Å²) in [6.07, 6.45) is 4.26. The fraction of sp³-hybridized carbons (Fsp3) is 0.625. The van der Waals surface area contributed by atoms with Gasteiger partial charge in [0.25, 0.3) is 0 Å². The second-order valence-corrected chi connectivity index (χ2v) is 6.99. The van der Waals surface area contributed by atoms with Gasteiger partial charge in [-0.15, -0.1) is 0 Å². The van der Waals surface area contributed by atoms with Gasteiger partial charge in [-0.1, -0.05) is 0 Å². The number of likely N-dealkylation sites (tertiary alicyclic amines) is 1. The van der Waals surface area contributed by atoms with Crippen LogP contribution in [-0.4, -0.2) is 29.7 Å². The highest BCUT2D eigenvalue weighted by Crippen LogP contribution is 2.43. The van der Waals surface area contributed by atoms with Gasteiger partial charge in [-0.3, -0.25) is 0 Å². The number of aromatic nitrogens is 1. The summed E-state index contributed by atoms with van der Waals surface area (Å²) < 4.78 is 12.2. The fourth-order valence-corrected chi connectivity index (χ4v) is 3.17. The van der Waals surface area contributed by atoms with E-state index in [0.717, 1.165) is 28.7 Å². The molecule has 1 saturated heterocycles. The third-order valence-electron chi connectivity index (χ3n) is 4.23. The molecule has 120 valence electrons. The summed E-state index contributed by atoms with van der Waals surface area (Å²) in [7, 11) is 0. The summed E-state index contributed by atoms with van der Waals surface area (Å²) in [4.78, 5) is 13.9. The van der Waals surface area contributed by atoms with Crippen molar-refractivity contribution in [3.8, 4) is 0 Å². The Morgan fingerprint density at radius 2 is 2.09 bits per heavy atom. The van der Waals surface area contributed by atoms with Gasteiger partial charge in [0.15, 0.2) is 12.4 Å². The number of hydrogen-bond donors (Lipinski definition) is 0. The third-order valence-corrected chi connectivity index (χ3v) is 4.23. The first-order valence-corrected chi connectivity index (χ1v) is 7.63. The van der Waals surface area contributed by atoms with Crippen molar-refractivity contribution in [1.82, 2.24) is 4.90 Å². The highest BCUT2D eigenvalue weighted by molar-refractivity contribution is 5.68. The van der Waals surface area contributed by atoms with Gasteiger partial charge in [0.1, 0.15) is 5.60 Å². The Kier molecular flexibility index (Phi) is 3.51. The summed E-state index contributed by atoms with van der Waals surface area (Å²) in [5.41, 5.74) is 1.19. The van der Waals surface area contributed by atoms with Crippen molar-refractivity contribution in [1.29, 1.82) is 0 Å². The van der Waals surface area contributed by atoms with E-state index in [2.05, 4.69) is 0 Å². The van der Waals surface area contributed by atoms with Crippen LogP contribution in [-0.2, 0) is 21.7 Å². The molecule has 6 heteroatoms. The lowest BCUT2D eigenvalue weighted by molar-refractivity contribution is -0.605. The Balaban J connectivity index is 1.69. The molecule has 0 bridgehead atoms. The zero-order valence-electron chi connectivity index (χ0n) is 13.3. The number of hydrogen-bond acceptors (Lipinski definition) is 4. The van der Waals surface area contributed by atoms with Gasteiger partial charge in [0, 0.05) is 30.3 Å². The lowest BCUT2D eigenvalue weighted by atomic mass is 9.84. The van der Waals surface area contributed by atoms with Crippen LogP contribution in [0.4, 0.5) is 4.79 Å². The van der Waals surface area contributed by atoms with E-state index in [4.69, 9.17) is 9.47 Å². The number of carbonyl (C=O) groups is 1. The fourth-order valence-electron chi connectivity index (χ4n) is 3.17. The average Bonchev–Trinajstić information content (AvgIpc) is 2.76. The summed E-state index contributed by atoms with van der Waals surface area (Å²) in [6.45, 7) is 7.26. The van der Waals surface area contributed by atoms with E-state index in [0.29, 0.717) is 19.7 Å². The van der Waals surface area contributed by atoms with Crippen molar-refractivity contribution < 1.29 is 19.0 Å². The largest absolute Gasteiger partial charge is 0.619 e. The van der Waals surface area contributed by atoms with Gasteiger partial charge >= 0.3 is 6.09 Å². The molecule has 1 aromatic heterocycles. The Labute approximate surface area is 130 Å². The number of amides is 1. The maximum absolute atomic E-state index is 12.1. The highest BCUT2D eigenvalue weighted by atomic mass is 16.6. The molecule has 6 nitrogen and oxygen atoms in total. The smallest absolute Gasteiger partial charge is 0.410 e. The predicted molar refractivity (Wildman–Crippen MR) is 78.9 cm³/mol. The van der Waals surface area contributed by atoms with E-state index in [9.17, 15) is 10.0 Å². The number of rotatable bonds is 0. The van der Waals surface area contributed by atoms with Crippen LogP contribution in [0.1, 0.15) is 44.7 Å². The van der Waals surface area contributed by atoms with E-state index >= 15 is 0 Å². The van der Waals surface area contributed by atoms with Crippen LogP contribution in [0.3, 0.4) is 0 Å². The van der Waals surface area contributed by atoms with Crippen molar-refractivity contribution in [2.75, 3.05) is 13.1 Å². The minimum Gasteiger partial charge on any atom is -0.619 e. The molecule has 0 unspecified atom stereocenters. The van der Waals surface area contributed by atoms with Gasteiger partial charge in [-0.05, 0) is 33.6 Å². The van der Waals surface area contributed by atoms with Crippen LogP contribution in [0.5, 0.6) is 0 Å². The van der Waals surface area contributed by atoms with Crippen LogP contribution in [0.25, 0.3) is 0 Å². The predicted octanol–water partition coefficient (Wildman–Crippen LogP) is 2.08. The average molecular weight is 306 g/mol. The van der Waals surface area contributed by atoms with Gasteiger partial charge in [-0.2, -0.15) is 4.73 Å². The van der Waals surface area contributed by atoms with E-state index in [-0.39, 0.29) is 11.7 Å². The van der Waals surface area contributed by atoms with E-state index in [1.807, 2.05) is 26.8 Å². The van der Waals surface area contributed by atoms with Crippen LogP contribution in [0.2, 0.25) is 0 Å². The maximum atomic E-state index is 12.1. The molecule has 1 amide bonds. The first-order chi connectivity index (χ1) is 10.3. The van der Waals surface area contributed by atoms with Crippen LogP contribution in [0, 0.1) is 5.21 Å². The summed E-state index contributed by atoms with van der Waals surface area (Å²) in [6, 6.07) is 1.85. The normalized spacial score (nSPS) is 20.0. The molecular formula is C16H22N2O4. The molecule has 1 fully saturated rings. The van der Waals surface area contributed by atoms with Crippen molar-refractivity contribution >= 4 is 6.09 Å². The zero-order chi connectivity index (χ0) is 16.0. The van der Waals surface area contributed by atoms with E-state index in [1.165, 1.54) is 6.20 Å². The number of nitrogens with zero attached hydrogens (tertiary/aromatic N) is 2. The summed E-state index contributed by atoms with van der Waals surface area (Å²) in [5.74, 6) is 0. The second kappa shape index (κ2) is 5.12. The number of fused-ring (bicyclic) bond motifs is 2. The second-order valence-electron chi connectivity index (χ2n) is 6.99. The van der Waals surface area contributed by atoms with Crippen molar-refractivity contribution in [3.05, 3.63) is 34.8 Å². The van der Waals surface area contributed by atoms with Gasteiger partial charge < -0.3 is 19.6 Å². The molecule has 0 aromatic carbocycles. The van der Waals surface area contributed by atoms with Crippen molar-refractivity contribution in [2.45, 2.75) is 51.4 Å². The van der Waals surface area contributed by atoms with Crippen molar-refractivity contribution in [2.24, 2.45) is 0 Å². The quantitative estimate of drug-likeness (QED) is 0.544. The standard InChI is InChI=1S/C16H22N2O4/c1-15(2,3)22-14(19)17-8-5-16(6-9-17)13-4-7-18(20)10-12(13)11-21-16/h4,7,10H,5-6,8-9,11H2,1-3H3. The summed E-state index contributed by atoms with van der Waals surface area (Å²) >= 11 is 0. The van der Waals surface area contributed by atoms with E-state index < -0.39 is 5.60 Å². The molecule has 1 aromatic rings. The number of piperidine rings is 1. The summed E-state index contributed by atoms with van der Waals surface area (Å²) in [5, 5.41) is 11.4. The number of carbonyl (C=O) groups excluding carboxylic acids is 1. The molecule has 1 spiro atoms. The molecule has 0 saturated carbocycles. The minimum atomic E-state index is -0.482. The molecule has 3 rings (SSSR count). The zero-order valence-corrected chi connectivity index (χ0v) is 13.3. The van der Waals surface area contributed by atoms with Crippen LogP contribution >= 0.6 is 0 Å². The molecule has 2 aliphatic heterocycles. The Bertz CT molecular complexity index is 586. The topological polar surface area (TPSA) is 65.7 Å². The third kappa shape index (κ3) is 2.75. The number of ether oxygens (including phenoxy) is 2. The monoisotopic (exact) mass is 306 g/mol. The Morgan fingerprint density at radius 1 is 1.41 bits per heavy atom.